The number of aromatic hydroxyl groups is 2. The van der Waals surface area contributed by atoms with E-state index in [0.29, 0.717) is 12.1 Å². The number of nitrogens with zero attached hydrogens (tertiary/aromatic N) is 2. The number of phenolic OH excluding ortho intramolecular Hbond substituents is 2. The third kappa shape index (κ3) is 4.20. The van der Waals surface area contributed by atoms with Gasteiger partial charge in [-0.05, 0) is 85.9 Å². The smallest absolute Gasteiger partial charge is 0.131 e. The van der Waals surface area contributed by atoms with E-state index in [0.717, 1.165) is 47.4 Å². The predicted octanol–water partition coefficient (Wildman–Crippen LogP) is 5.52. The van der Waals surface area contributed by atoms with Crippen LogP contribution in [0.15, 0.2) is 66.7 Å². The Balaban J connectivity index is 1.68. The van der Waals surface area contributed by atoms with E-state index in [-0.39, 0.29) is 11.5 Å². The van der Waals surface area contributed by atoms with Crippen LogP contribution < -0.4 is 0 Å². The van der Waals surface area contributed by atoms with Crippen LogP contribution in [0.25, 0.3) is 22.2 Å². The fraction of sp³-hybridized carbons (Fsp3) is 0.241. The molecule has 2 N–H and O–H groups in total. The van der Waals surface area contributed by atoms with Gasteiger partial charge in [0.2, 0.25) is 0 Å². The highest BCUT2D eigenvalue weighted by molar-refractivity contribution is 5.97. The zero-order valence-electron chi connectivity index (χ0n) is 18.9. The molecule has 1 fully saturated rings. The molecule has 0 atom stereocenters. The maximum atomic E-state index is 10.8. The van der Waals surface area contributed by atoms with Crippen molar-refractivity contribution in [1.82, 2.24) is 9.47 Å². The molecule has 0 bridgehead atoms. The fourth-order valence-electron chi connectivity index (χ4n) is 4.86. The second-order valence-electron chi connectivity index (χ2n) is 8.73. The minimum Gasteiger partial charge on any atom is -0.508 e. The topological polar surface area (TPSA) is 48.6 Å². The SMILES string of the molecule is Cc1c(-c2ccc(O)cc2)n(Cc2ccccc2)c2ccc(O)c(C#CCN3CCCC3)c12. The van der Waals surface area contributed by atoms with Crippen LogP contribution in [0.4, 0.5) is 0 Å². The predicted molar refractivity (Wildman–Crippen MR) is 134 cm³/mol. The number of aromatic nitrogens is 1. The van der Waals surface area contributed by atoms with Crippen molar-refractivity contribution in [2.75, 3.05) is 19.6 Å². The number of aryl methyl sites for hydroxylation is 1. The summed E-state index contributed by atoms with van der Waals surface area (Å²) in [6, 6.07) is 21.4. The van der Waals surface area contributed by atoms with Crippen LogP contribution in [0.3, 0.4) is 0 Å². The lowest BCUT2D eigenvalue weighted by atomic mass is 10.0. The highest BCUT2D eigenvalue weighted by Crippen LogP contribution is 2.38. The lowest BCUT2D eigenvalue weighted by Gasteiger charge is -2.12. The summed E-state index contributed by atoms with van der Waals surface area (Å²) < 4.78 is 2.29. The van der Waals surface area contributed by atoms with Crippen molar-refractivity contribution in [3.63, 3.8) is 0 Å². The van der Waals surface area contributed by atoms with E-state index in [1.54, 1.807) is 18.2 Å². The first-order valence-corrected chi connectivity index (χ1v) is 11.5. The number of hydrogen-bond acceptors (Lipinski definition) is 3. The van der Waals surface area contributed by atoms with Gasteiger partial charge in [-0.3, -0.25) is 4.90 Å². The molecule has 4 nitrogen and oxygen atoms in total. The summed E-state index contributed by atoms with van der Waals surface area (Å²) in [5.41, 5.74) is 6.10. The Labute approximate surface area is 194 Å². The molecule has 0 unspecified atom stereocenters. The molecule has 33 heavy (non-hydrogen) atoms. The molecule has 4 aromatic rings. The lowest BCUT2D eigenvalue weighted by Crippen LogP contribution is -2.18. The molecule has 1 aliphatic heterocycles. The molecule has 1 saturated heterocycles. The van der Waals surface area contributed by atoms with E-state index >= 15 is 0 Å². The van der Waals surface area contributed by atoms with Crippen molar-refractivity contribution in [3.05, 3.63) is 83.4 Å². The van der Waals surface area contributed by atoms with Gasteiger partial charge in [0.1, 0.15) is 11.5 Å². The minimum atomic E-state index is 0.216. The Hall–Kier alpha value is -3.68. The van der Waals surface area contributed by atoms with Crippen molar-refractivity contribution in [2.24, 2.45) is 0 Å². The molecule has 4 heteroatoms. The Morgan fingerprint density at radius 2 is 1.61 bits per heavy atom. The summed E-state index contributed by atoms with van der Waals surface area (Å²) in [5, 5.41) is 21.6. The lowest BCUT2D eigenvalue weighted by molar-refractivity contribution is 0.383. The molecule has 166 valence electrons. The van der Waals surface area contributed by atoms with E-state index in [9.17, 15) is 10.2 Å². The zero-order valence-corrected chi connectivity index (χ0v) is 18.9. The summed E-state index contributed by atoms with van der Waals surface area (Å²) in [6.07, 6.45) is 2.47. The summed E-state index contributed by atoms with van der Waals surface area (Å²) in [7, 11) is 0. The summed E-state index contributed by atoms with van der Waals surface area (Å²) in [4.78, 5) is 2.36. The number of phenols is 2. The molecule has 1 aliphatic rings. The van der Waals surface area contributed by atoms with Crippen molar-refractivity contribution in [1.29, 1.82) is 0 Å². The molecule has 3 aromatic carbocycles. The minimum absolute atomic E-state index is 0.216. The van der Waals surface area contributed by atoms with E-state index in [4.69, 9.17) is 0 Å². The Morgan fingerprint density at radius 3 is 2.33 bits per heavy atom. The third-order valence-corrected chi connectivity index (χ3v) is 6.49. The standard InChI is InChI=1S/C29H28N2O2/c1-21-28-25(10-7-19-30-17-5-6-18-30)27(33)16-15-26(28)31(20-22-8-3-2-4-9-22)29(21)23-11-13-24(32)14-12-23/h2-4,8-9,11-16,32-33H,5-6,17-20H2,1H3. The van der Waals surface area contributed by atoms with E-state index < -0.39 is 0 Å². The normalized spacial score (nSPS) is 13.8. The van der Waals surface area contributed by atoms with Gasteiger partial charge in [0.05, 0.1) is 23.3 Å². The van der Waals surface area contributed by atoms with Crippen LogP contribution in [0.5, 0.6) is 11.5 Å². The fourth-order valence-corrected chi connectivity index (χ4v) is 4.86. The van der Waals surface area contributed by atoms with Gasteiger partial charge in [0.25, 0.3) is 0 Å². The van der Waals surface area contributed by atoms with Crippen molar-refractivity contribution in [2.45, 2.75) is 26.3 Å². The van der Waals surface area contributed by atoms with Gasteiger partial charge in [-0.2, -0.15) is 0 Å². The molecular weight excluding hydrogens is 408 g/mol. The second kappa shape index (κ2) is 9.05. The maximum absolute atomic E-state index is 10.8. The van der Waals surface area contributed by atoms with Gasteiger partial charge in [-0.1, -0.05) is 42.2 Å². The van der Waals surface area contributed by atoms with E-state index in [1.165, 1.54) is 18.4 Å². The zero-order chi connectivity index (χ0) is 22.8. The molecule has 5 rings (SSSR count). The molecule has 0 aliphatic carbocycles. The van der Waals surface area contributed by atoms with Crippen LogP contribution in [-0.4, -0.2) is 39.3 Å². The van der Waals surface area contributed by atoms with Crippen LogP contribution in [0, 0.1) is 18.8 Å². The first-order chi connectivity index (χ1) is 16.1. The molecule has 0 spiro atoms. The second-order valence-corrected chi connectivity index (χ2v) is 8.73. The van der Waals surface area contributed by atoms with Gasteiger partial charge < -0.3 is 14.8 Å². The number of benzene rings is 3. The summed E-state index contributed by atoms with van der Waals surface area (Å²) >= 11 is 0. The van der Waals surface area contributed by atoms with Gasteiger partial charge in [0, 0.05) is 11.9 Å². The van der Waals surface area contributed by atoms with Gasteiger partial charge in [-0.15, -0.1) is 0 Å². The van der Waals surface area contributed by atoms with Crippen molar-refractivity contribution < 1.29 is 10.2 Å². The monoisotopic (exact) mass is 436 g/mol. The summed E-state index contributed by atoms with van der Waals surface area (Å²) in [5.74, 6) is 7.06. The number of hydrogen-bond donors (Lipinski definition) is 2. The summed E-state index contributed by atoms with van der Waals surface area (Å²) in [6.45, 7) is 5.72. The number of fused-ring (bicyclic) bond motifs is 1. The highest BCUT2D eigenvalue weighted by Gasteiger charge is 2.20. The van der Waals surface area contributed by atoms with Gasteiger partial charge in [-0.25, -0.2) is 0 Å². The molecular formula is C29H28N2O2. The first-order valence-electron chi connectivity index (χ1n) is 11.5. The average molecular weight is 437 g/mol. The maximum Gasteiger partial charge on any atom is 0.131 e. The van der Waals surface area contributed by atoms with Gasteiger partial charge >= 0.3 is 0 Å². The van der Waals surface area contributed by atoms with Crippen molar-refractivity contribution >= 4 is 10.9 Å². The van der Waals surface area contributed by atoms with Crippen LogP contribution in [0.1, 0.15) is 29.5 Å². The van der Waals surface area contributed by atoms with Crippen LogP contribution in [-0.2, 0) is 6.54 Å². The Morgan fingerprint density at radius 1 is 0.879 bits per heavy atom. The Bertz CT molecular complexity index is 1340. The Kier molecular flexibility index (Phi) is 5.81. The van der Waals surface area contributed by atoms with E-state index in [1.807, 2.05) is 24.3 Å². The molecule has 0 saturated carbocycles. The number of rotatable bonds is 4. The van der Waals surface area contributed by atoms with Crippen LogP contribution in [0.2, 0.25) is 0 Å². The average Bonchev–Trinajstić information content (AvgIpc) is 3.43. The van der Waals surface area contributed by atoms with Gasteiger partial charge in [0.15, 0.2) is 0 Å². The third-order valence-electron chi connectivity index (χ3n) is 6.49. The van der Waals surface area contributed by atoms with Crippen molar-refractivity contribution in [3.8, 4) is 34.6 Å². The van der Waals surface area contributed by atoms with E-state index in [2.05, 4.69) is 52.5 Å². The molecule has 2 heterocycles. The quantitative estimate of drug-likeness (QED) is 0.414. The van der Waals surface area contributed by atoms with Crippen LogP contribution >= 0.6 is 0 Å². The first kappa shape index (κ1) is 21.2. The molecule has 0 amide bonds. The highest BCUT2D eigenvalue weighted by atomic mass is 16.3. The molecule has 1 aromatic heterocycles. The largest absolute Gasteiger partial charge is 0.508 e. The molecule has 0 radical (unpaired) electrons. The number of likely N-dealkylation sites (tertiary alicyclic amines) is 1.